The van der Waals surface area contributed by atoms with Crippen molar-refractivity contribution in [2.24, 2.45) is 0 Å². The van der Waals surface area contributed by atoms with Gasteiger partial charge in [0.05, 0.1) is 0 Å². The second-order valence-electron chi connectivity index (χ2n) is 7.50. The first kappa shape index (κ1) is 23.8. The Morgan fingerprint density at radius 2 is 1.81 bits per heavy atom. The Hall–Kier alpha value is -2.81. The molecule has 1 aliphatic rings. The highest BCUT2D eigenvalue weighted by Crippen LogP contribution is 2.39. The molecule has 1 aliphatic heterocycles. The predicted molar refractivity (Wildman–Crippen MR) is 114 cm³/mol. The maximum atomic E-state index is 13.1. The average molecular weight is 469 g/mol. The van der Waals surface area contributed by atoms with Gasteiger partial charge >= 0.3 is 6.18 Å². The van der Waals surface area contributed by atoms with Crippen LogP contribution in [0.4, 0.5) is 24.7 Å². The third-order valence-corrected chi connectivity index (χ3v) is 7.21. The third-order valence-electron chi connectivity index (χ3n) is 5.36. The summed E-state index contributed by atoms with van der Waals surface area (Å²) >= 11 is 0. The Morgan fingerprint density at radius 1 is 1.16 bits per heavy atom. The number of aromatic nitrogens is 1. The van der Waals surface area contributed by atoms with Gasteiger partial charge in [0, 0.05) is 31.5 Å². The van der Waals surface area contributed by atoms with Crippen molar-refractivity contribution in [2.75, 3.05) is 30.3 Å². The molecule has 2 aromatic rings. The zero-order chi connectivity index (χ0) is 23.7. The number of halogens is 3. The Morgan fingerprint density at radius 3 is 2.34 bits per heavy atom. The van der Waals surface area contributed by atoms with Crippen LogP contribution < -0.4 is 10.6 Å². The molecule has 0 saturated carbocycles. The van der Waals surface area contributed by atoms with Crippen LogP contribution in [0.5, 0.6) is 0 Å². The van der Waals surface area contributed by atoms with E-state index in [2.05, 4.69) is 16.8 Å². The fraction of sp³-hybridized carbons (Fsp3) is 0.381. The van der Waals surface area contributed by atoms with E-state index in [0.717, 1.165) is 0 Å². The molecule has 0 aliphatic carbocycles. The van der Waals surface area contributed by atoms with Crippen LogP contribution >= 0.6 is 0 Å². The van der Waals surface area contributed by atoms with Crippen molar-refractivity contribution in [1.29, 1.82) is 0 Å². The summed E-state index contributed by atoms with van der Waals surface area (Å²) in [7, 11) is -3.82. The number of rotatable bonds is 4. The molecule has 1 fully saturated rings. The first-order valence-corrected chi connectivity index (χ1v) is 11.1. The van der Waals surface area contributed by atoms with Crippen molar-refractivity contribution in [3.63, 3.8) is 0 Å². The summed E-state index contributed by atoms with van der Waals surface area (Å²) < 4.78 is 66.6. The minimum absolute atomic E-state index is 0.0158. The topological polar surface area (TPSA) is 99.8 Å². The Labute approximate surface area is 184 Å². The number of pyridine rings is 1. The summed E-state index contributed by atoms with van der Waals surface area (Å²) in [6, 6.07) is 7.63. The summed E-state index contributed by atoms with van der Waals surface area (Å²) in [4.78, 5) is 5.68. The van der Waals surface area contributed by atoms with Crippen LogP contribution in [-0.2, 0) is 15.6 Å². The first-order chi connectivity index (χ1) is 14.9. The monoisotopic (exact) mass is 468 g/mol. The van der Waals surface area contributed by atoms with E-state index in [4.69, 9.17) is 5.73 Å². The smallest absolute Gasteiger partial charge is 0.384 e. The number of piperazine rings is 1. The van der Waals surface area contributed by atoms with E-state index in [-0.39, 0.29) is 35.9 Å². The number of benzene rings is 1. The van der Waals surface area contributed by atoms with Crippen molar-refractivity contribution in [2.45, 2.75) is 36.6 Å². The fourth-order valence-corrected chi connectivity index (χ4v) is 4.79. The first-order valence-electron chi connectivity index (χ1n) is 9.68. The molecule has 0 unspecified atom stereocenters. The van der Waals surface area contributed by atoms with Crippen molar-refractivity contribution in [1.82, 2.24) is 9.29 Å². The number of anilines is 2. The molecule has 0 bridgehead atoms. The fourth-order valence-electron chi connectivity index (χ4n) is 3.41. The number of aliphatic hydroxyl groups is 1. The predicted octanol–water partition coefficient (Wildman–Crippen LogP) is 2.34. The molecular formula is C21H23F3N4O3S. The van der Waals surface area contributed by atoms with Gasteiger partial charge in [-0.1, -0.05) is 18.1 Å². The summed E-state index contributed by atoms with van der Waals surface area (Å²) in [5.41, 5.74) is 2.84. The van der Waals surface area contributed by atoms with Gasteiger partial charge in [0.25, 0.3) is 0 Å². The molecule has 172 valence electrons. The van der Waals surface area contributed by atoms with Crippen LogP contribution in [-0.4, -0.2) is 54.7 Å². The molecule has 0 spiro atoms. The maximum Gasteiger partial charge on any atom is 0.421 e. The van der Waals surface area contributed by atoms with Gasteiger partial charge in [-0.25, -0.2) is 13.4 Å². The quantitative estimate of drug-likeness (QED) is 0.669. The molecule has 0 radical (unpaired) electrons. The normalized spacial score (nSPS) is 19.7. The van der Waals surface area contributed by atoms with Crippen molar-refractivity contribution in [3.8, 4) is 11.8 Å². The van der Waals surface area contributed by atoms with Gasteiger partial charge in [0.2, 0.25) is 10.0 Å². The van der Waals surface area contributed by atoms with Crippen LogP contribution in [0.2, 0.25) is 0 Å². The van der Waals surface area contributed by atoms with Gasteiger partial charge < -0.3 is 15.7 Å². The van der Waals surface area contributed by atoms with E-state index in [0.29, 0.717) is 12.6 Å². The molecule has 3 N–H and O–H groups in total. The third kappa shape index (κ3) is 4.53. The molecule has 32 heavy (non-hydrogen) atoms. The highest BCUT2D eigenvalue weighted by molar-refractivity contribution is 7.89. The second-order valence-corrected chi connectivity index (χ2v) is 9.44. The van der Waals surface area contributed by atoms with Crippen molar-refractivity contribution in [3.05, 3.63) is 48.2 Å². The van der Waals surface area contributed by atoms with E-state index in [1.165, 1.54) is 46.9 Å². The van der Waals surface area contributed by atoms with Crippen LogP contribution in [0.3, 0.4) is 0 Å². The van der Waals surface area contributed by atoms with E-state index < -0.39 is 27.8 Å². The molecule has 0 amide bonds. The van der Waals surface area contributed by atoms with Gasteiger partial charge in [-0.3, -0.25) is 0 Å². The van der Waals surface area contributed by atoms with Crippen LogP contribution in [0, 0.1) is 11.8 Å². The molecule has 1 aromatic carbocycles. The lowest BCUT2D eigenvalue weighted by atomic mass is 9.95. The number of sulfonamides is 1. The lowest BCUT2D eigenvalue weighted by molar-refractivity contribution is -0.258. The van der Waals surface area contributed by atoms with Gasteiger partial charge in [-0.2, -0.15) is 17.5 Å². The zero-order valence-corrected chi connectivity index (χ0v) is 18.3. The minimum Gasteiger partial charge on any atom is -0.384 e. The summed E-state index contributed by atoms with van der Waals surface area (Å²) in [5, 5.41) is 9.86. The molecule has 1 aromatic heterocycles. The number of nitrogens with zero attached hydrogens (tertiary/aromatic N) is 3. The molecular weight excluding hydrogens is 445 g/mol. The lowest BCUT2D eigenvalue weighted by Crippen LogP contribution is -2.54. The number of nitrogen functional groups attached to an aromatic ring is 1. The zero-order valence-electron chi connectivity index (χ0n) is 17.5. The SMILES string of the molecule is CC#C[C@@H]1CN(S(=O)(=O)c2ccc(N)nc2)CCN1c1ccc([C@@](C)(O)C(F)(F)F)cc1. The van der Waals surface area contributed by atoms with Gasteiger partial charge in [0.1, 0.15) is 16.8 Å². The minimum atomic E-state index is -4.82. The molecule has 3 rings (SSSR count). The van der Waals surface area contributed by atoms with Crippen LogP contribution in [0.15, 0.2) is 47.5 Å². The largest absolute Gasteiger partial charge is 0.421 e. The lowest BCUT2D eigenvalue weighted by Gasteiger charge is -2.40. The number of alkyl halides is 3. The summed E-state index contributed by atoms with van der Waals surface area (Å²) in [6.07, 6.45) is -3.62. The molecule has 7 nitrogen and oxygen atoms in total. The molecule has 2 heterocycles. The standard InChI is InChI=1S/C21H23F3N4O3S/c1-3-4-17-14-27(32(30,31)18-9-10-19(25)26-13-18)11-12-28(17)16-7-5-15(6-8-16)20(2,29)21(22,23)24/h5-10,13,17,29H,11-12,14H2,1-2H3,(H2,25,26)/t17-,20-/m1/s1. The maximum absolute atomic E-state index is 13.1. The van der Waals surface area contributed by atoms with E-state index in [9.17, 15) is 26.7 Å². The molecule has 11 heteroatoms. The van der Waals surface area contributed by atoms with Crippen molar-refractivity contribution >= 4 is 21.5 Å². The molecule has 2 atom stereocenters. The van der Waals surface area contributed by atoms with Gasteiger partial charge in [-0.05, 0) is 43.7 Å². The highest BCUT2D eigenvalue weighted by Gasteiger charge is 2.51. The molecule has 1 saturated heterocycles. The Balaban J connectivity index is 1.84. The van der Waals surface area contributed by atoms with Crippen LogP contribution in [0.25, 0.3) is 0 Å². The Bertz CT molecular complexity index is 1120. The highest BCUT2D eigenvalue weighted by atomic mass is 32.2. The van der Waals surface area contributed by atoms with E-state index in [1.54, 1.807) is 6.92 Å². The number of hydrogen-bond donors (Lipinski definition) is 2. The van der Waals surface area contributed by atoms with E-state index >= 15 is 0 Å². The summed E-state index contributed by atoms with van der Waals surface area (Å²) in [6.45, 7) is 2.81. The van der Waals surface area contributed by atoms with Crippen LogP contribution in [0.1, 0.15) is 19.4 Å². The Kier molecular flexibility index (Phi) is 6.42. The van der Waals surface area contributed by atoms with Gasteiger partial charge in [0.15, 0.2) is 5.60 Å². The van der Waals surface area contributed by atoms with E-state index in [1.807, 2.05) is 4.90 Å². The second kappa shape index (κ2) is 8.61. The van der Waals surface area contributed by atoms with Gasteiger partial charge in [-0.15, -0.1) is 5.92 Å². The number of nitrogens with two attached hydrogens (primary N) is 1. The summed E-state index contributed by atoms with van der Waals surface area (Å²) in [5.74, 6) is 5.96. The number of hydrogen-bond acceptors (Lipinski definition) is 6. The van der Waals surface area contributed by atoms with Crippen molar-refractivity contribution < 1.29 is 26.7 Å². The average Bonchev–Trinajstić information content (AvgIpc) is 2.73.